The molecular weight excluding hydrogens is 363 g/mol. The normalized spacial score (nSPS) is 11.6. The quantitative estimate of drug-likeness (QED) is 0.748. The van der Waals surface area contributed by atoms with E-state index in [0.717, 1.165) is 10.5 Å². The van der Waals surface area contributed by atoms with Gasteiger partial charge in [-0.05, 0) is 48.0 Å². The Labute approximate surface area is 130 Å². The molecule has 6 heteroatoms. The predicted molar refractivity (Wildman–Crippen MR) is 83.2 cm³/mol. The van der Waals surface area contributed by atoms with E-state index in [9.17, 15) is 12.8 Å². The van der Waals surface area contributed by atoms with Gasteiger partial charge < -0.3 is 0 Å². The highest BCUT2D eigenvalue weighted by Gasteiger charge is 2.06. The summed E-state index contributed by atoms with van der Waals surface area (Å²) in [7, 11) is -3.16. The summed E-state index contributed by atoms with van der Waals surface area (Å²) in [6.07, 6.45) is 1.18. The minimum atomic E-state index is -3.16. The highest BCUT2D eigenvalue weighted by atomic mass is 79.9. The molecule has 106 valence electrons. The maximum Gasteiger partial charge on any atom is 0.175 e. The number of rotatable bonds is 4. The van der Waals surface area contributed by atoms with Gasteiger partial charge in [0.25, 0.3) is 0 Å². The SMILES string of the molecule is CS(=O)(=O)c1ccc(SCc2cc(F)cc(Br)c2)cc1. The van der Waals surface area contributed by atoms with Crippen LogP contribution in [-0.4, -0.2) is 14.7 Å². The Morgan fingerprint density at radius 1 is 1.15 bits per heavy atom. The number of sulfone groups is 1. The van der Waals surface area contributed by atoms with Gasteiger partial charge in [-0.3, -0.25) is 0 Å². The summed E-state index contributed by atoms with van der Waals surface area (Å²) >= 11 is 4.78. The second-order valence-corrected chi connectivity index (χ2v) is 8.29. The third-order valence-corrected chi connectivity index (χ3v) is 5.25. The maximum absolute atomic E-state index is 13.2. The van der Waals surface area contributed by atoms with E-state index in [4.69, 9.17) is 0 Å². The van der Waals surface area contributed by atoms with Gasteiger partial charge in [-0.2, -0.15) is 0 Å². The van der Waals surface area contributed by atoms with Crippen molar-refractivity contribution in [2.24, 2.45) is 0 Å². The van der Waals surface area contributed by atoms with Crippen molar-refractivity contribution in [1.29, 1.82) is 0 Å². The van der Waals surface area contributed by atoms with E-state index >= 15 is 0 Å². The van der Waals surface area contributed by atoms with Crippen molar-refractivity contribution in [1.82, 2.24) is 0 Å². The lowest BCUT2D eigenvalue weighted by Crippen LogP contribution is -1.96. The monoisotopic (exact) mass is 374 g/mol. The van der Waals surface area contributed by atoms with Crippen molar-refractivity contribution in [2.75, 3.05) is 6.26 Å². The van der Waals surface area contributed by atoms with Crippen LogP contribution in [-0.2, 0) is 15.6 Å². The van der Waals surface area contributed by atoms with Crippen molar-refractivity contribution < 1.29 is 12.8 Å². The largest absolute Gasteiger partial charge is 0.224 e. The summed E-state index contributed by atoms with van der Waals surface area (Å²) in [4.78, 5) is 1.24. The molecule has 0 fully saturated rings. The first kappa shape index (κ1) is 15.5. The molecule has 2 rings (SSSR count). The standard InChI is InChI=1S/C14H12BrFO2S2/c1-20(17,18)14-4-2-13(3-5-14)19-9-10-6-11(15)8-12(16)7-10/h2-8H,9H2,1H3. The molecule has 0 saturated carbocycles. The topological polar surface area (TPSA) is 34.1 Å². The van der Waals surface area contributed by atoms with Gasteiger partial charge in [-0.15, -0.1) is 11.8 Å². The molecule has 0 aliphatic heterocycles. The Morgan fingerprint density at radius 2 is 1.80 bits per heavy atom. The molecule has 0 N–H and O–H groups in total. The molecule has 0 aliphatic rings. The molecule has 0 amide bonds. The average molecular weight is 375 g/mol. The van der Waals surface area contributed by atoms with Gasteiger partial charge in [-0.25, -0.2) is 12.8 Å². The molecule has 0 aromatic heterocycles. The van der Waals surface area contributed by atoms with Crippen LogP contribution in [0.4, 0.5) is 4.39 Å². The zero-order valence-corrected chi connectivity index (χ0v) is 13.9. The highest BCUT2D eigenvalue weighted by Crippen LogP contribution is 2.26. The Kier molecular flexibility index (Phi) is 4.88. The first-order valence-electron chi connectivity index (χ1n) is 5.72. The highest BCUT2D eigenvalue weighted by molar-refractivity contribution is 9.10. The Hall–Kier alpha value is -0.850. The van der Waals surface area contributed by atoms with Crippen molar-refractivity contribution in [3.63, 3.8) is 0 Å². The lowest BCUT2D eigenvalue weighted by atomic mass is 10.2. The molecule has 0 heterocycles. The summed E-state index contributed by atoms with van der Waals surface area (Å²) in [6, 6.07) is 11.4. The second-order valence-electron chi connectivity index (χ2n) is 4.31. The van der Waals surface area contributed by atoms with E-state index < -0.39 is 9.84 Å². The molecule has 2 aromatic carbocycles. The van der Waals surface area contributed by atoms with Gasteiger partial charge in [0.2, 0.25) is 0 Å². The molecule has 0 atom stereocenters. The van der Waals surface area contributed by atoms with Crippen LogP contribution in [0.2, 0.25) is 0 Å². The van der Waals surface area contributed by atoms with Gasteiger partial charge >= 0.3 is 0 Å². The Morgan fingerprint density at radius 3 is 2.35 bits per heavy atom. The van der Waals surface area contributed by atoms with Crippen LogP contribution >= 0.6 is 27.7 Å². The first-order valence-corrected chi connectivity index (χ1v) is 9.39. The van der Waals surface area contributed by atoms with Crippen LogP contribution < -0.4 is 0 Å². The fourth-order valence-electron chi connectivity index (χ4n) is 1.64. The summed E-state index contributed by atoms with van der Waals surface area (Å²) < 4.78 is 36.6. The van der Waals surface area contributed by atoms with Crippen molar-refractivity contribution in [2.45, 2.75) is 15.5 Å². The van der Waals surface area contributed by atoms with Crippen LogP contribution in [0.25, 0.3) is 0 Å². The zero-order valence-electron chi connectivity index (χ0n) is 10.6. The molecular formula is C14H12BrFO2S2. The van der Waals surface area contributed by atoms with Crippen LogP contribution in [0.15, 0.2) is 56.7 Å². The Bertz CT molecular complexity index is 692. The number of hydrogen-bond donors (Lipinski definition) is 0. The van der Waals surface area contributed by atoms with Crippen molar-refractivity contribution >= 4 is 37.5 Å². The minimum absolute atomic E-state index is 0.276. The van der Waals surface area contributed by atoms with Gasteiger partial charge in [-0.1, -0.05) is 15.9 Å². The molecule has 0 radical (unpaired) electrons. The van der Waals surface area contributed by atoms with E-state index in [-0.39, 0.29) is 5.82 Å². The number of halogens is 2. The molecule has 2 nitrogen and oxygen atoms in total. The van der Waals surface area contributed by atoms with Crippen LogP contribution in [0.1, 0.15) is 5.56 Å². The number of benzene rings is 2. The molecule has 0 unspecified atom stereocenters. The van der Waals surface area contributed by atoms with E-state index in [1.165, 1.54) is 30.2 Å². The second kappa shape index (κ2) is 6.28. The van der Waals surface area contributed by atoms with E-state index in [0.29, 0.717) is 15.1 Å². The lowest BCUT2D eigenvalue weighted by Gasteiger charge is -2.04. The maximum atomic E-state index is 13.2. The molecule has 0 aliphatic carbocycles. The van der Waals surface area contributed by atoms with Gasteiger partial charge in [0.15, 0.2) is 9.84 Å². The summed E-state index contributed by atoms with van der Waals surface area (Å²) in [5.41, 5.74) is 0.870. The van der Waals surface area contributed by atoms with E-state index in [2.05, 4.69) is 15.9 Å². The molecule has 0 bridgehead atoms. The average Bonchev–Trinajstić information content (AvgIpc) is 2.35. The van der Waals surface area contributed by atoms with Gasteiger partial charge in [0, 0.05) is 21.4 Å². The number of hydrogen-bond acceptors (Lipinski definition) is 3. The van der Waals surface area contributed by atoms with Crippen LogP contribution in [0, 0.1) is 5.82 Å². The van der Waals surface area contributed by atoms with Crippen LogP contribution in [0.5, 0.6) is 0 Å². The van der Waals surface area contributed by atoms with Crippen molar-refractivity contribution in [3.05, 3.63) is 58.3 Å². The fourth-order valence-corrected chi connectivity index (χ4v) is 3.62. The molecule has 20 heavy (non-hydrogen) atoms. The summed E-state index contributed by atoms with van der Waals surface area (Å²) in [5.74, 6) is 0.344. The first-order chi connectivity index (χ1) is 9.34. The molecule has 0 saturated heterocycles. The fraction of sp³-hybridized carbons (Fsp3) is 0.143. The summed E-state index contributed by atoms with van der Waals surface area (Å²) in [5, 5.41) is 0. The molecule has 0 spiro atoms. The predicted octanol–water partition coefficient (Wildman–Crippen LogP) is 4.28. The summed E-state index contributed by atoms with van der Waals surface area (Å²) in [6.45, 7) is 0. The number of thioether (sulfide) groups is 1. The lowest BCUT2D eigenvalue weighted by molar-refractivity contribution is 0.602. The third-order valence-electron chi connectivity index (χ3n) is 2.58. The smallest absolute Gasteiger partial charge is 0.175 e. The third kappa shape index (κ3) is 4.33. The van der Waals surface area contributed by atoms with Gasteiger partial charge in [0.05, 0.1) is 4.90 Å². The van der Waals surface area contributed by atoms with E-state index in [1.807, 2.05) is 6.07 Å². The van der Waals surface area contributed by atoms with E-state index in [1.54, 1.807) is 24.3 Å². The van der Waals surface area contributed by atoms with Crippen LogP contribution in [0.3, 0.4) is 0 Å². The molecule has 2 aromatic rings. The minimum Gasteiger partial charge on any atom is -0.224 e. The Balaban J connectivity index is 2.07. The van der Waals surface area contributed by atoms with Gasteiger partial charge in [0.1, 0.15) is 5.82 Å². The van der Waals surface area contributed by atoms with Crippen molar-refractivity contribution in [3.8, 4) is 0 Å². The zero-order chi connectivity index (χ0) is 14.8.